The van der Waals surface area contributed by atoms with Gasteiger partial charge in [-0.2, -0.15) is 0 Å². The monoisotopic (exact) mass is 218 g/mol. The van der Waals surface area contributed by atoms with Gasteiger partial charge in [0.15, 0.2) is 0 Å². The van der Waals surface area contributed by atoms with Crippen LogP contribution < -0.4 is 5.56 Å². The lowest BCUT2D eigenvalue weighted by Crippen LogP contribution is -2.21. The fourth-order valence-corrected chi connectivity index (χ4v) is 1.71. The number of hydrogen-bond acceptors (Lipinski definition) is 3. The number of aryl methyl sites for hydroxylation is 3. The van der Waals surface area contributed by atoms with E-state index < -0.39 is 0 Å². The highest BCUT2D eigenvalue weighted by atomic mass is 16.5. The lowest BCUT2D eigenvalue weighted by atomic mass is 10.2. The Morgan fingerprint density at radius 1 is 1.31 bits per heavy atom. The summed E-state index contributed by atoms with van der Waals surface area (Å²) in [6, 6.07) is 5.24. The summed E-state index contributed by atoms with van der Waals surface area (Å²) >= 11 is 0. The molecule has 0 bridgehead atoms. The molecule has 2 aromatic rings. The topological polar surface area (TPSA) is 48.0 Å². The lowest BCUT2D eigenvalue weighted by Gasteiger charge is -2.08. The van der Waals surface area contributed by atoms with E-state index in [0.717, 1.165) is 22.7 Å². The molecule has 0 atom stereocenters. The second-order valence-electron chi connectivity index (χ2n) is 3.89. The molecule has 0 aliphatic heterocycles. The molecule has 0 aliphatic carbocycles. The van der Waals surface area contributed by atoms with Crippen LogP contribution in [0, 0.1) is 20.8 Å². The van der Waals surface area contributed by atoms with Crippen molar-refractivity contribution in [3.8, 4) is 0 Å². The van der Waals surface area contributed by atoms with Crippen molar-refractivity contribution in [2.75, 3.05) is 0 Å². The smallest absolute Gasteiger partial charge is 0.251 e. The third kappa shape index (κ3) is 1.78. The predicted octanol–water partition coefficient (Wildman–Crippen LogP) is 1.81. The summed E-state index contributed by atoms with van der Waals surface area (Å²) in [6.07, 6.45) is 0. The quantitative estimate of drug-likeness (QED) is 0.772. The fraction of sp³-hybridized carbons (Fsp3) is 0.333. The maximum atomic E-state index is 11.7. The van der Waals surface area contributed by atoms with Crippen molar-refractivity contribution in [1.29, 1.82) is 0 Å². The van der Waals surface area contributed by atoms with Crippen molar-refractivity contribution < 1.29 is 4.52 Å². The molecule has 84 valence electrons. The lowest BCUT2D eigenvalue weighted by molar-refractivity contribution is 0.392. The van der Waals surface area contributed by atoms with Crippen LogP contribution in [-0.4, -0.2) is 9.72 Å². The van der Waals surface area contributed by atoms with Crippen LogP contribution in [0.1, 0.15) is 22.7 Å². The molecule has 2 rings (SSSR count). The molecular weight excluding hydrogens is 204 g/mol. The van der Waals surface area contributed by atoms with E-state index in [2.05, 4.69) is 5.16 Å². The van der Waals surface area contributed by atoms with E-state index in [1.54, 1.807) is 16.7 Å². The van der Waals surface area contributed by atoms with E-state index in [-0.39, 0.29) is 5.56 Å². The first-order valence-corrected chi connectivity index (χ1v) is 5.18. The normalized spacial score (nSPS) is 10.7. The number of hydrogen-bond donors (Lipinski definition) is 0. The molecule has 0 spiro atoms. The summed E-state index contributed by atoms with van der Waals surface area (Å²) in [6.45, 7) is 6.18. The summed E-state index contributed by atoms with van der Waals surface area (Å²) in [5, 5.41) is 3.88. The molecule has 0 saturated carbocycles. The molecule has 0 N–H and O–H groups in total. The van der Waals surface area contributed by atoms with Crippen LogP contribution in [0.2, 0.25) is 0 Å². The van der Waals surface area contributed by atoms with Gasteiger partial charge in [-0.1, -0.05) is 11.2 Å². The van der Waals surface area contributed by atoms with E-state index in [0.29, 0.717) is 6.54 Å². The molecule has 0 unspecified atom stereocenters. The van der Waals surface area contributed by atoms with Crippen molar-refractivity contribution in [3.05, 3.63) is 51.3 Å². The minimum absolute atomic E-state index is 0.000000000000000222. The predicted molar refractivity (Wildman–Crippen MR) is 60.5 cm³/mol. The zero-order valence-electron chi connectivity index (χ0n) is 9.65. The Labute approximate surface area is 93.5 Å². The zero-order valence-corrected chi connectivity index (χ0v) is 9.65. The van der Waals surface area contributed by atoms with Gasteiger partial charge in [-0.15, -0.1) is 0 Å². The second kappa shape index (κ2) is 3.96. The summed E-state index contributed by atoms with van der Waals surface area (Å²) in [7, 11) is 0. The van der Waals surface area contributed by atoms with Crippen molar-refractivity contribution in [2.45, 2.75) is 27.3 Å². The average molecular weight is 218 g/mol. The summed E-state index contributed by atoms with van der Waals surface area (Å²) in [5.74, 6) is 0.771. The molecular formula is C12H14N2O2. The molecule has 2 aromatic heterocycles. The molecule has 4 nitrogen and oxygen atoms in total. The van der Waals surface area contributed by atoms with Crippen LogP contribution in [0.15, 0.2) is 27.5 Å². The van der Waals surface area contributed by atoms with Gasteiger partial charge in [0.05, 0.1) is 12.2 Å². The molecule has 0 saturated heterocycles. The molecule has 16 heavy (non-hydrogen) atoms. The van der Waals surface area contributed by atoms with Crippen molar-refractivity contribution in [1.82, 2.24) is 9.72 Å². The standard InChI is InChI=1S/C12H14N2O2/c1-8-5-4-6-12(15)14(8)7-11-9(2)13-16-10(11)3/h4-6H,7H2,1-3H3. The maximum Gasteiger partial charge on any atom is 0.251 e. The Hall–Kier alpha value is -1.84. The van der Waals surface area contributed by atoms with Gasteiger partial charge in [0, 0.05) is 17.3 Å². The van der Waals surface area contributed by atoms with Crippen LogP contribution in [0.3, 0.4) is 0 Å². The molecule has 0 fully saturated rings. The van der Waals surface area contributed by atoms with Gasteiger partial charge in [0.25, 0.3) is 5.56 Å². The first kappa shape index (κ1) is 10.7. The first-order chi connectivity index (χ1) is 7.59. The van der Waals surface area contributed by atoms with Crippen LogP contribution >= 0.6 is 0 Å². The first-order valence-electron chi connectivity index (χ1n) is 5.18. The van der Waals surface area contributed by atoms with Crippen LogP contribution in [0.5, 0.6) is 0 Å². The van der Waals surface area contributed by atoms with Crippen LogP contribution in [0.25, 0.3) is 0 Å². The van der Waals surface area contributed by atoms with Gasteiger partial charge >= 0.3 is 0 Å². The minimum atomic E-state index is 0.000000000000000222. The number of pyridine rings is 1. The highest BCUT2D eigenvalue weighted by molar-refractivity contribution is 5.22. The summed E-state index contributed by atoms with van der Waals surface area (Å²) in [5.41, 5.74) is 2.76. The van der Waals surface area contributed by atoms with Crippen molar-refractivity contribution >= 4 is 0 Å². The fourth-order valence-electron chi connectivity index (χ4n) is 1.71. The Balaban J connectivity index is 2.46. The number of aromatic nitrogens is 2. The Bertz CT molecular complexity index is 547. The minimum Gasteiger partial charge on any atom is -0.361 e. The Morgan fingerprint density at radius 2 is 2.06 bits per heavy atom. The molecule has 2 heterocycles. The highest BCUT2D eigenvalue weighted by Crippen LogP contribution is 2.13. The van der Waals surface area contributed by atoms with Gasteiger partial charge in [-0.25, -0.2) is 0 Å². The van der Waals surface area contributed by atoms with E-state index in [1.807, 2.05) is 26.8 Å². The van der Waals surface area contributed by atoms with Gasteiger partial charge < -0.3 is 9.09 Å². The summed E-state index contributed by atoms with van der Waals surface area (Å²) in [4.78, 5) is 11.7. The van der Waals surface area contributed by atoms with Crippen molar-refractivity contribution in [3.63, 3.8) is 0 Å². The second-order valence-corrected chi connectivity index (χ2v) is 3.89. The molecule has 0 aromatic carbocycles. The largest absolute Gasteiger partial charge is 0.361 e. The van der Waals surface area contributed by atoms with E-state index in [9.17, 15) is 4.79 Å². The third-order valence-electron chi connectivity index (χ3n) is 2.77. The number of nitrogens with zero attached hydrogens (tertiary/aromatic N) is 2. The zero-order chi connectivity index (χ0) is 11.7. The summed E-state index contributed by atoms with van der Waals surface area (Å²) < 4.78 is 6.80. The van der Waals surface area contributed by atoms with Gasteiger partial charge in [0.1, 0.15) is 5.76 Å². The van der Waals surface area contributed by atoms with Crippen molar-refractivity contribution in [2.24, 2.45) is 0 Å². The SMILES string of the molecule is Cc1noc(C)c1Cn1c(C)cccc1=O. The van der Waals surface area contributed by atoms with E-state index in [1.165, 1.54) is 0 Å². The Kier molecular flexibility index (Phi) is 2.64. The van der Waals surface area contributed by atoms with Gasteiger partial charge in [-0.05, 0) is 26.8 Å². The molecule has 0 radical (unpaired) electrons. The highest BCUT2D eigenvalue weighted by Gasteiger charge is 2.10. The Morgan fingerprint density at radius 3 is 2.62 bits per heavy atom. The van der Waals surface area contributed by atoms with Crippen LogP contribution in [-0.2, 0) is 6.54 Å². The van der Waals surface area contributed by atoms with Gasteiger partial charge in [-0.3, -0.25) is 4.79 Å². The maximum absolute atomic E-state index is 11.7. The molecule has 0 amide bonds. The van der Waals surface area contributed by atoms with E-state index >= 15 is 0 Å². The number of rotatable bonds is 2. The van der Waals surface area contributed by atoms with Crippen LogP contribution in [0.4, 0.5) is 0 Å². The van der Waals surface area contributed by atoms with E-state index in [4.69, 9.17) is 4.52 Å². The third-order valence-corrected chi connectivity index (χ3v) is 2.77. The molecule has 4 heteroatoms. The van der Waals surface area contributed by atoms with Gasteiger partial charge in [0.2, 0.25) is 0 Å². The molecule has 0 aliphatic rings. The average Bonchev–Trinajstić information content (AvgIpc) is 2.54.